The molecule has 0 saturated carbocycles. The Hall–Kier alpha value is -1.28. The van der Waals surface area contributed by atoms with Crippen LogP contribution < -0.4 is 0 Å². The van der Waals surface area contributed by atoms with E-state index in [1.165, 1.54) is 6.92 Å². The molecule has 1 unspecified atom stereocenters. The van der Waals surface area contributed by atoms with Gasteiger partial charge in [-0.1, -0.05) is 24.3 Å². The molecule has 0 radical (unpaired) electrons. The lowest BCUT2D eigenvalue weighted by Gasteiger charge is -2.31. The van der Waals surface area contributed by atoms with Gasteiger partial charge in [-0.2, -0.15) is 0 Å². The van der Waals surface area contributed by atoms with Crippen LogP contribution in [0.25, 0.3) is 0 Å². The zero-order valence-electron chi connectivity index (χ0n) is 12.9. The summed E-state index contributed by atoms with van der Waals surface area (Å²) in [6.45, 7) is 4.84. The summed E-state index contributed by atoms with van der Waals surface area (Å²) in [5.41, 5.74) is 0.768. The molecule has 0 aliphatic carbocycles. The molecule has 1 amide bonds. The summed E-state index contributed by atoms with van der Waals surface area (Å²) in [5, 5.41) is 9.68. The number of carbonyl (C=O) groups is 1. The van der Waals surface area contributed by atoms with Gasteiger partial charge < -0.3 is 19.3 Å². The first kappa shape index (κ1) is 17.1. The van der Waals surface area contributed by atoms with E-state index in [-0.39, 0.29) is 18.3 Å². The van der Waals surface area contributed by atoms with Gasteiger partial charge in [-0.15, -0.1) is 0 Å². The fourth-order valence-electron chi connectivity index (χ4n) is 3.01. The molecule has 122 valence electrons. The van der Waals surface area contributed by atoms with Gasteiger partial charge in [-0.05, 0) is 25.0 Å². The quantitative estimate of drug-likeness (QED) is 0.817. The van der Waals surface area contributed by atoms with Gasteiger partial charge in [0.2, 0.25) is 5.91 Å². The maximum Gasteiger partial charge on any atom is 0.222 e. The summed E-state index contributed by atoms with van der Waals surface area (Å²) in [5.74, 6) is -0.0841. The average Bonchev–Trinajstić information content (AvgIpc) is 2.70. The first-order valence-corrected chi connectivity index (χ1v) is 8.28. The highest BCUT2D eigenvalue weighted by Crippen LogP contribution is 2.40. The monoisotopic (exact) mass is 327 g/mol. The van der Waals surface area contributed by atoms with Crippen molar-refractivity contribution in [3.63, 3.8) is 0 Å². The maximum absolute atomic E-state index is 11.9. The summed E-state index contributed by atoms with van der Waals surface area (Å²) in [4.78, 5) is 13.4. The molecule has 0 bridgehead atoms. The van der Waals surface area contributed by atoms with E-state index in [0.29, 0.717) is 0 Å². The van der Waals surface area contributed by atoms with Gasteiger partial charge in [0.1, 0.15) is 11.8 Å². The lowest BCUT2D eigenvalue weighted by Crippen LogP contribution is -2.48. The SMILES string of the molecule is CC(=O)N1[C@H](CO)[C@@H](c2ccc(CS(=O)O)cc2)OC1(C)C. The molecule has 7 heteroatoms. The molecular formula is C15H21NO5S. The van der Waals surface area contributed by atoms with Crippen LogP contribution in [0.1, 0.15) is 38.0 Å². The largest absolute Gasteiger partial charge is 0.394 e. The van der Waals surface area contributed by atoms with Gasteiger partial charge >= 0.3 is 0 Å². The van der Waals surface area contributed by atoms with Gasteiger partial charge in [0.05, 0.1) is 18.4 Å². The van der Waals surface area contributed by atoms with Crippen LogP contribution in [0.15, 0.2) is 24.3 Å². The summed E-state index contributed by atoms with van der Waals surface area (Å²) >= 11 is -1.88. The van der Waals surface area contributed by atoms with E-state index < -0.39 is 29.0 Å². The molecule has 1 aliphatic heterocycles. The van der Waals surface area contributed by atoms with E-state index in [4.69, 9.17) is 9.29 Å². The number of hydrogen-bond donors (Lipinski definition) is 2. The van der Waals surface area contributed by atoms with E-state index in [2.05, 4.69) is 0 Å². The number of carbonyl (C=O) groups excluding carboxylic acids is 1. The number of ether oxygens (including phenoxy) is 1. The first-order valence-electron chi connectivity index (χ1n) is 7.01. The van der Waals surface area contributed by atoms with Crippen LogP contribution in [0.2, 0.25) is 0 Å². The number of hydrogen-bond acceptors (Lipinski definition) is 4. The zero-order chi connectivity index (χ0) is 16.5. The van der Waals surface area contributed by atoms with Crippen molar-refractivity contribution < 1.29 is 23.4 Å². The Morgan fingerprint density at radius 1 is 1.36 bits per heavy atom. The minimum absolute atomic E-state index is 0.0697. The minimum Gasteiger partial charge on any atom is -0.394 e. The molecule has 0 aromatic heterocycles. The smallest absolute Gasteiger partial charge is 0.222 e. The summed E-state index contributed by atoms with van der Waals surface area (Å²) in [7, 11) is 0. The van der Waals surface area contributed by atoms with E-state index in [1.807, 2.05) is 0 Å². The predicted molar refractivity (Wildman–Crippen MR) is 82.2 cm³/mol. The second-order valence-electron chi connectivity index (χ2n) is 5.83. The Kier molecular flexibility index (Phi) is 5.01. The number of aliphatic hydroxyl groups excluding tert-OH is 1. The van der Waals surface area contributed by atoms with Crippen LogP contribution in [0.3, 0.4) is 0 Å². The number of aliphatic hydroxyl groups is 1. The normalized spacial score (nSPS) is 25.2. The summed E-state index contributed by atoms with van der Waals surface area (Å²) < 4.78 is 25.7. The van der Waals surface area contributed by atoms with Crippen LogP contribution in [0.5, 0.6) is 0 Å². The third-order valence-corrected chi connectivity index (χ3v) is 4.38. The molecule has 22 heavy (non-hydrogen) atoms. The molecule has 2 rings (SSSR count). The van der Waals surface area contributed by atoms with Crippen molar-refractivity contribution in [1.29, 1.82) is 0 Å². The van der Waals surface area contributed by atoms with Crippen molar-refractivity contribution >= 4 is 17.0 Å². The van der Waals surface area contributed by atoms with Crippen molar-refractivity contribution in [3.05, 3.63) is 35.4 Å². The van der Waals surface area contributed by atoms with Gasteiger partial charge in [-0.3, -0.25) is 4.79 Å². The highest BCUT2D eigenvalue weighted by Gasteiger charge is 2.48. The van der Waals surface area contributed by atoms with Crippen molar-refractivity contribution in [2.24, 2.45) is 0 Å². The third-order valence-electron chi connectivity index (χ3n) is 3.80. The van der Waals surface area contributed by atoms with Crippen LogP contribution in [0, 0.1) is 0 Å². The molecule has 1 aliphatic rings. The van der Waals surface area contributed by atoms with Gasteiger partial charge in [0, 0.05) is 6.92 Å². The van der Waals surface area contributed by atoms with Gasteiger partial charge in [0.15, 0.2) is 11.1 Å². The Bertz CT molecular complexity index is 572. The van der Waals surface area contributed by atoms with Crippen molar-refractivity contribution in [3.8, 4) is 0 Å². The molecule has 1 fully saturated rings. The number of rotatable bonds is 4. The van der Waals surface area contributed by atoms with E-state index in [0.717, 1.165) is 11.1 Å². The van der Waals surface area contributed by atoms with Crippen LogP contribution >= 0.6 is 0 Å². The minimum atomic E-state index is -1.88. The predicted octanol–water partition coefficient (Wildman–Crippen LogP) is 1.43. The van der Waals surface area contributed by atoms with Gasteiger partial charge in [-0.25, -0.2) is 4.21 Å². The van der Waals surface area contributed by atoms with E-state index in [1.54, 1.807) is 43.0 Å². The lowest BCUT2D eigenvalue weighted by molar-refractivity contribution is -0.145. The number of benzene rings is 1. The lowest BCUT2D eigenvalue weighted by atomic mass is 10.0. The van der Waals surface area contributed by atoms with Gasteiger partial charge in [0.25, 0.3) is 0 Å². The molecule has 1 aromatic carbocycles. The molecule has 1 heterocycles. The second-order valence-corrected chi connectivity index (χ2v) is 6.76. The highest BCUT2D eigenvalue weighted by atomic mass is 32.2. The molecule has 2 N–H and O–H groups in total. The first-order chi connectivity index (χ1) is 10.3. The standard InChI is InChI=1S/C15H21NO5S/c1-10(18)16-13(8-17)14(21-15(16,2)3)12-6-4-11(5-7-12)9-22(19)20/h4-7,13-14,17H,8-9H2,1-3H3,(H,19,20)/t13-,14-/m1/s1. The van der Waals surface area contributed by atoms with Crippen LogP contribution in [-0.2, 0) is 26.4 Å². The maximum atomic E-state index is 11.9. The topological polar surface area (TPSA) is 87.1 Å². The van der Waals surface area contributed by atoms with Crippen molar-refractivity contribution in [2.75, 3.05) is 6.61 Å². The highest BCUT2D eigenvalue weighted by molar-refractivity contribution is 7.78. The molecule has 0 spiro atoms. The fourth-order valence-corrected chi connectivity index (χ4v) is 3.48. The molecule has 1 saturated heterocycles. The van der Waals surface area contributed by atoms with Crippen molar-refractivity contribution in [2.45, 2.75) is 44.4 Å². The average molecular weight is 327 g/mol. The number of amides is 1. The zero-order valence-corrected chi connectivity index (χ0v) is 13.7. The Morgan fingerprint density at radius 3 is 2.41 bits per heavy atom. The fraction of sp³-hybridized carbons (Fsp3) is 0.533. The van der Waals surface area contributed by atoms with E-state index in [9.17, 15) is 14.1 Å². The van der Waals surface area contributed by atoms with E-state index >= 15 is 0 Å². The molecular weight excluding hydrogens is 306 g/mol. The van der Waals surface area contributed by atoms with Crippen LogP contribution in [0.4, 0.5) is 0 Å². The summed E-state index contributed by atoms with van der Waals surface area (Å²) in [6, 6.07) is 6.66. The van der Waals surface area contributed by atoms with Crippen LogP contribution in [-0.4, -0.2) is 43.0 Å². The van der Waals surface area contributed by atoms with Crippen molar-refractivity contribution in [1.82, 2.24) is 4.90 Å². The molecule has 3 atom stereocenters. The number of nitrogens with zero attached hydrogens (tertiary/aromatic N) is 1. The third kappa shape index (κ3) is 3.38. The Balaban J connectivity index is 2.28. The Labute approximate surface area is 132 Å². The Morgan fingerprint density at radius 2 is 1.95 bits per heavy atom. The second kappa shape index (κ2) is 6.45. The molecule has 1 aromatic rings. The molecule has 6 nitrogen and oxygen atoms in total. The summed E-state index contributed by atoms with van der Waals surface area (Å²) in [6.07, 6.45) is -0.433.